The van der Waals surface area contributed by atoms with Gasteiger partial charge in [0.1, 0.15) is 0 Å². The molecule has 0 amide bonds. The first-order valence-corrected chi connectivity index (χ1v) is 4.84. The predicted molar refractivity (Wildman–Crippen MR) is 54.5 cm³/mol. The average molecular weight is 193 g/mol. The molecule has 0 aliphatic carbocycles. The Morgan fingerprint density at radius 3 is 2.64 bits per heavy atom. The molecular formula is C11H15NO2. The number of fused-ring (bicyclic) bond motifs is 1. The normalized spacial score (nSPS) is 22.0. The van der Waals surface area contributed by atoms with Gasteiger partial charge in [-0.15, -0.1) is 0 Å². The molecule has 1 aliphatic heterocycles. The number of aromatic hydroxyl groups is 2. The molecule has 1 aliphatic rings. The lowest BCUT2D eigenvalue weighted by molar-refractivity contribution is 0.246. The van der Waals surface area contributed by atoms with Crippen molar-refractivity contribution >= 4 is 0 Å². The topological polar surface area (TPSA) is 43.7 Å². The summed E-state index contributed by atoms with van der Waals surface area (Å²) in [6.07, 6.45) is 0.935. The van der Waals surface area contributed by atoms with E-state index in [1.54, 1.807) is 12.1 Å². The predicted octanol–water partition coefficient (Wildman–Crippen LogP) is 1.65. The maximum Gasteiger partial charge on any atom is 0.157 e. The van der Waals surface area contributed by atoms with Crippen LogP contribution in [0.5, 0.6) is 11.5 Å². The van der Waals surface area contributed by atoms with Gasteiger partial charge in [0.05, 0.1) is 0 Å². The van der Waals surface area contributed by atoms with Crippen LogP contribution in [0.25, 0.3) is 0 Å². The third-order valence-electron chi connectivity index (χ3n) is 3.08. The van der Waals surface area contributed by atoms with Crippen LogP contribution in [0.2, 0.25) is 0 Å². The summed E-state index contributed by atoms with van der Waals surface area (Å²) < 4.78 is 0. The third kappa shape index (κ3) is 1.34. The molecule has 3 nitrogen and oxygen atoms in total. The standard InChI is InChI=1S/C11H15NO2/c1-7-9-6-11(14)10(13)5-8(9)3-4-12(7)2/h5-7,13-14H,3-4H2,1-2H3/t7-/m0/s1. The van der Waals surface area contributed by atoms with Crippen molar-refractivity contribution in [3.05, 3.63) is 23.3 Å². The summed E-state index contributed by atoms with van der Waals surface area (Å²) in [6, 6.07) is 3.66. The highest BCUT2D eigenvalue weighted by atomic mass is 16.3. The summed E-state index contributed by atoms with van der Waals surface area (Å²) in [4.78, 5) is 2.23. The van der Waals surface area contributed by atoms with Crippen LogP contribution in [-0.2, 0) is 6.42 Å². The molecule has 1 atom stereocenters. The van der Waals surface area contributed by atoms with Gasteiger partial charge < -0.3 is 10.2 Å². The van der Waals surface area contributed by atoms with Gasteiger partial charge in [0.15, 0.2) is 11.5 Å². The fourth-order valence-electron chi connectivity index (χ4n) is 1.97. The zero-order chi connectivity index (χ0) is 10.3. The number of phenols is 2. The fraction of sp³-hybridized carbons (Fsp3) is 0.455. The van der Waals surface area contributed by atoms with E-state index in [2.05, 4.69) is 18.9 Å². The van der Waals surface area contributed by atoms with Gasteiger partial charge in [0.2, 0.25) is 0 Å². The van der Waals surface area contributed by atoms with E-state index in [4.69, 9.17) is 0 Å². The summed E-state index contributed by atoms with van der Waals surface area (Å²) in [5.41, 5.74) is 2.26. The monoisotopic (exact) mass is 193 g/mol. The third-order valence-corrected chi connectivity index (χ3v) is 3.08. The summed E-state index contributed by atoms with van der Waals surface area (Å²) in [6.45, 7) is 3.10. The van der Waals surface area contributed by atoms with Crippen molar-refractivity contribution in [1.29, 1.82) is 0 Å². The minimum atomic E-state index is -0.0223. The number of nitrogens with zero attached hydrogens (tertiary/aromatic N) is 1. The van der Waals surface area contributed by atoms with Crippen LogP contribution >= 0.6 is 0 Å². The quantitative estimate of drug-likeness (QED) is 0.616. The van der Waals surface area contributed by atoms with Gasteiger partial charge in [-0.25, -0.2) is 0 Å². The number of rotatable bonds is 0. The zero-order valence-corrected chi connectivity index (χ0v) is 8.49. The average Bonchev–Trinajstić information content (AvgIpc) is 2.15. The SMILES string of the molecule is C[C@H]1c2cc(O)c(O)cc2CCN1C. The molecule has 2 rings (SSSR count). The molecule has 3 heteroatoms. The molecule has 0 saturated carbocycles. The van der Waals surface area contributed by atoms with Crippen LogP contribution in [0.1, 0.15) is 24.1 Å². The number of hydrogen-bond acceptors (Lipinski definition) is 3. The highest BCUT2D eigenvalue weighted by Gasteiger charge is 2.22. The first kappa shape index (κ1) is 9.34. The highest BCUT2D eigenvalue weighted by molar-refractivity contribution is 5.47. The van der Waals surface area contributed by atoms with Crippen molar-refractivity contribution in [3.63, 3.8) is 0 Å². The Balaban J connectivity index is 2.50. The Morgan fingerprint density at radius 1 is 1.29 bits per heavy atom. The molecule has 0 radical (unpaired) electrons. The summed E-state index contributed by atoms with van der Waals surface area (Å²) in [5, 5.41) is 18.8. The van der Waals surface area contributed by atoms with Crippen LogP contribution < -0.4 is 0 Å². The van der Waals surface area contributed by atoms with Crippen LogP contribution in [0.15, 0.2) is 12.1 Å². The second-order valence-corrected chi connectivity index (χ2v) is 3.95. The lowest BCUT2D eigenvalue weighted by Gasteiger charge is -2.32. The summed E-state index contributed by atoms with van der Waals surface area (Å²) >= 11 is 0. The van der Waals surface area contributed by atoms with Gasteiger partial charge in [-0.3, -0.25) is 4.90 Å². The van der Waals surface area contributed by atoms with Crippen LogP contribution in [0, 0.1) is 0 Å². The van der Waals surface area contributed by atoms with E-state index < -0.39 is 0 Å². The van der Waals surface area contributed by atoms with E-state index in [-0.39, 0.29) is 11.5 Å². The van der Waals surface area contributed by atoms with Gasteiger partial charge in [-0.2, -0.15) is 0 Å². The Labute approximate surface area is 83.6 Å². The molecule has 1 aromatic carbocycles. The van der Waals surface area contributed by atoms with Crippen molar-refractivity contribution in [3.8, 4) is 11.5 Å². The molecule has 1 aromatic rings. The Morgan fingerprint density at radius 2 is 1.93 bits per heavy atom. The molecule has 1 heterocycles. The molecule has 0 spiro atoms. The Kier molecular flexibility index (Phi) is 2.11. The van der Waals surface area contributed by atoms with Gasteiger partial charge in [-0.05, 0) is 43.7 Å². The largest absolute Gasteiger partial charge is 0.504 e. The van der Waals surface area contributed by atoms with E-state index in [1.165, 1.54) is 0 Å². The van der Waals surface area contributed by atoms with Gasteiger partial charge in [-0.1, -0.05) is 0 Å². The number of likely N-dealkylation sites (N-methyl/N-ethyl adjacent to an activating group) is 1. The number of benzene rings is 1. The van der Waals surface area contributed by atoms with Crippen LogP contribution in [-0.4, -0.2) is 28.7 Å². The molecule has 14 heavy (non-hydrogen) atoms. The van der Waals surface area contributed by atoms with E-state index in [0.717, 1.165) is 24.1 Å². The highest BCUT2D eigenvalue weighted by Crippen LogP contribution is 2.35. The molecule has 0 aromatic heterocycles. The molecule has 0 unspecified atom stereocenters. The second-order valence-electron chi connectivity index (χ2n) is 3.95. The van der Waals surface area contributed by atoms with E-state index in [0.29, 0.717) is 6.04 Å². The zero-order valence-electron chi connectivity index (χ0n) is 8.49. The second kappa shape index (κ2) is 3.17. The minimum absolute atomic E-state index is 0.0134. The van der Waals surface area contributed by atoms with Crippen LogP contribution in [0.4, 0.5) is 0 Å². The first-order valence-electron chi connectivity index (χ1n) is 4.84. The molecule has 0 fully saturated rings. The van der Waals surface area contributed by atoms with E-state index >= 15 is 0 Å². The molecule has 0 bridgehead atoms. The van der Waals surface area contributed by atoms with Crippen molar-refractivity contribution in [2.24, 2.45) is 0 Å². The Bertz CT molecular complexity index is 363. The van der Waals surface area contributed by atoms with Crippen molar-refractivity contribution in [2.45, 2.75) is 19.4 Å². The van der Waals surface area contributed by atoms with Crippen molar-refractivity contribution in [2.75, 3.05) is 13.6 Å². The lowest BCUT2D eigenvalue weighted by Crippen LogP contribution is -2.30. The Hall–Kier alpha value is -1.22. The van der Waals surface area contributed by atoms with Gasteiger partial charge >= 0.3 is 0 Å². The summed E-state index contributed by atoms with van der Waals surface area (Å²) in [7, 11) is 2.07. The van der Waals surface area contributed by atoms with Crippen LogP contribution in [0.3, 0.4) is 0 Å². The molecule has 0 saturated heterocycles. The summed E-state index contributed by atoms with van der Waals surface area (Å²) in [5.74, 6) is -0.0357. The van der Waals surface area contributed by atoms with E-state index in [1.807, 2.05) is 0 Å². The smallest absolute Gasteiger partial charge is 0.157 e. The molecule has 76 valence electrons. The van der Waals surface area contributed by atoms with Gasteiger partial charge in [0, 0.05) is 12.6 Å². The maximum absolute atomic E-state index is 9.41. The van der Waals surface area contributed by atoms with Crippen molar-refractivity contribution < 1.29 is 10.2 Å². The van der Waals surface area contributed by atoms with Crippen molar-refractivity contribution in [1.82, 2.24) is 4.90 Å². The maximum atomic E-state index is 9.41. The first-order chi connectivity index (χ1) is 6.59. The fourth-order valence-corrected chi connectivity index (χ4v) is 1.97. The molecular weight excluding hydrogens is 178 g/mol. The minimum Gasteiger partial charge on any atom is -0.504 e. The lowest BCUT2D eigenvalue weighted by atomic mass is 9.93. The van der Waals surface area contributed by atoms with Gasteiger partial charge in [0.25, 0.3) is 0 Å². The number of hydrogen-bond donors (Lipinski definition) is 2. The van der Waals surface area contributed by atoms with E-state index in [9.17, 15) is 10.2 Å². The number of phenolic OH excluding ortho intramolecular Hbond substituents is 2. The molecule has 2 N–H and O–H groups in total.